The number of alkyl halides is 3. The third-order valence-electron chi connectivity index (χ3n) is 7.27. The number of pyridine rings is 1. The number of benzene rings is 2. The molecule has 0 bridgehead atoms. The molecule has 46 heavy (non-hydrogen) atoms. The van der Waals surface area contributed by atoms with Crippen LogP contribution in [0.2, 0.25) is 5.02 Å². The van der Waals surface area contributed by atoms with Gasteiger partial charge in [-0.25, -0.2) is 9.07 Å². The summed E-state index contributed by atoms with van der Waals surface area (Å²) in [5.74, 6) is -2.07. The summed E-state index contributed by atoms with van der Waals surface area (Å²) in [5, 5.41) is 12.2. The molecular weight excluding hydrogens is 636 g/mol. The van der Waals surface area contributed by atoms with E-state index >= 15 is 0 Å². The molecule has 2 atom stereocenters. The zero-order valence-electron chi connectivity index (χ0n) is 24.4. The summed E-state index contributed by atoms with van der Waals surface area (Å²) in [6.07, 6.45) is -1.69. The van der Waals surface area contributed by atoms with Crippen molar-refractivity contribution in [1.29, 1.82) is 0 Å². The first kappa shape index (κ1) is 32.6. The highest BCUT2D eigenvalue weighted by molar-refractivity contribution is 6.31. The number of carbonyl (C=O) groups excluding carboxylic acids is 2. The molecule has 2 aromatic heterocycles. The molecule has 0 spiro atoms. The summed E-state index contributed by atoms with van der Waals surface area (Å²) in [5.41, 5.74) is -1.53. The Bertz CT molecular complexity index is 1840. The average molecular weight is 663 g/mol. The molecular formula is C30H27ClF4N6O5. The standard InChI is InChI=1S/C30H27ClF4N6O5/c1-3-22(29(44)36-17-7-8-18(21(32)12-17)28(43)37-26-5-4-10-46-26)40-14-24(45-2)20(13-27(40)42)19-11-16(31)6-9-23(19)41-15-25(38-39-41)30(33,34)35/h6-9,11-15,22,26H,3-5,10H2,1-2H3,(H,36,44)(H,37,43)/t22-,26?/m0/s1. The molecule has 1 unspecified atom stereocenters. The SMILES string of the molecule is CC[C@@H](C(=O)Nc1ccc(C(=O)NC2CCCO2)c(F)c1)n1cc(OC)c(-c2cc(Cl)ccc2-n2cc(C(F)(F)F)nn2)cc1=O. The number of aromatic nitrogens is 4. The fraction of sp³-hybridized carbons (Fsp3) is 0.300. The number of hydrogen-bond donors (Lipinski definition) is 2. The van der Waals surface area contributed by atoms with Gasteiger partial charge in [0.25, 0.3) is 11.5 Å². The number of halogens is 5. The van der Waals surface area contributed by atoms with Crippen molar-refractivity contribution in [3.63, 3.8) is 0 Å². The number of carbonyl (C=O) groups is 2. The molecule has 2 N–H and O–H groups in total. The molecule has 0 radical (unpaired) electrons. The predicted octanol–water partition coefficient (Wildman–Crippen LogP) is 5.37. The Morgan fingerprint density at radius 1 is 1.15 bits per heavy atom. The Balaban J connectivity index is 1.42. The molecule has 1 aliphatic rings. The van der Waals surface area contributed by atoms with Gasteiger partial charge in [-0.3, -0.25) is 19.0 Å². The second-order valence-electron chi connectivity index (χ2n) is 10.3. The topological polar surface area (TPSA) is 129 Å². The van der Waals surface area contributed by atoms with Gasteiger partial charge >= 0.3 is 6.18 Å². The first-order valence-corrected chi connectivity index (χ1v) is 14.4. The minimum atomic E-state index is -4.73. The van der Waals surface area contributed by atoms with Crippen LogP contribution < -0.4 is 20.9 Å². The predicted molar refractivity (Wildman–Crippen MR) is 158 cm³/mol. The normalized spacial score (nSPS) is 15.4. The summed E-state index contributed by atoms with van der Waals surface area (Å²) < 4.78 is 67.3. The molecule has 11 nitrogen and oxygen atoms in total. The van der Waals surface area contributed by atoms with Crippen LogP contribution in [0.1, 0.15) is 48.3 Å². The van der Waals surface area contributed by atoms with Gasteiger partial charge in [0.15, 0.2) is 5.69 Å². The summed E-state index contributed by atoms with van der Waals surface area (Å²) in [6.45, 7) is 2.17. The lowest BCUT2D eigenvalue weighted by Gasteiger charge is -2.21. The van der Waals surface area contributed by atoms with Gasteiger partial charge in [-0.15, -0.1) is 5.10 Å². The van der Waals surface area contributed by atoms with Gasteiger partial charge in [-0.1, -0.05) is 23.7 Å². The van der Waals surface area contributed by atoms with Gasteiger partial charge in [0.1, 0.15) is 23.8 Å². The lowest BCUT2D eigenvalue weighted by molar-refractivity contribution is -0.141. The Kier molecular flexibility index (Phi) is 9.44. The molecule has 1 saturated heterocycles. The average Bonchev–Trinajstić information content (AvgIpc) is 3.71. The molecule has 0 saturated carbocycles. The highest BCUT2D eigenvalue weighted by Crippen LogP contribution is 2.36. The van der Waals surface area contributed by atoms with Gasteiger partial charge in [0.05, 0.1) is 30.8 Å². The van der Waals surface area contributed by atoms with Gasteiger partial charge in [0, 0.05) is 34.5 Å². The maximum Gasteiger partial charge on any atom is 0.436 e. The van der Waals surface area contributed by atoms with E-state index in [1.807, 2.05) is 0 Å². The van der Waals surface area contributed by atoms with Crippen LogP contribution in [0.15, 0.2) is 59.7 Å². The molecule has 242 valence electrons. The van der Waals surface area contributed by atoms with E-state index < -0.39 is 47.3 Å². The zero-order valence-corrected chi connectivity index (χ0v) is 25.2. The van der Waals surface area contributed by atoms with Crippen LogP contribution >= 0.6 is 11.6 Å². The monoisotopic (exact) mass is 662 g/mol. The summed E-state index contributed by atoms with van der Waals surface area (Å²) >= 11 is 6.21. The number of nitrogens with zero attached hydrogens (tertiary/aromatic N) is 4. The van der Waals surface area contributed by atoms with Crippen molar-refractivity contribution in [1.82, 2.24) is 24.9 Å². The number of anilines is 1. The van der Waals surface area contributed by atoms with Gasteiger partial charge < -0.3 is 20.1 Å². The zero-order chi connectivity index (χ0) is 33.2. The Morgan fingerprint density at radius 3 is 2.57 bits per heavy atom. The van der Waals surface area contributed by atoms with Crippen LogP contribution in [-0.2, 0) is 15.7 Å². The maximum atomic E-state index is 14.8. The number of ether oxygens (including phenoxy) is 2. The lowest BCUT2D eigenvalue weighted by Crippen LogP contribution is -2.34. The number of amides is 2. The van der Waals surface area contributed by atoms with Crippen molar-refractivity contribution in [2.24, 2.45) is 0 Å². The quantitative estimate of drug-likeness (QED) is 0.231. The smallest absolute Gasteiger partial charge is 0.436 e. The van der Waals surface area contributed by atoms with E-state index in [-0.39, 0.29) is 45.3 Å². The number of methoxy groups -OCH3 is 1. The van der Waals surface area contributed by atoms with Crippen molar-refractivity contribution < 1.29 is 36.6 Å². The van der Waals surface area contributed by atoms with Crippen molar-refractivity contribution >= 4 is 29.1 Å². The summed E-state index contributed by atoms with van der Waals surface area (Å²) in [4.78, 5) is 39.2. The third-order valence-corrected chi connectivity index (χ3v) is 7.51. The second-order valence-corrected chi connectivity index (χ2v) is 10.7. The van der Waals surface area contributed by atoms with E-state index in [1.165, 1.54) is 43.6 Å². The van der Waals surface area contributed by atoms with Gasteiger partial charge in [0.2, 0.25) is 5.91 Å². The highest BCUT2D eigenvalue weighted by Gasteiger charge is 2.35. The largest absolute Gasteiger partial charge is 0.495 e. The molecule has 2 amide bonds. The number of rotatable bonds is 9. The Labute approximate surface area is 264 Å². The van der Waals surface area contributed by atoms with Gasteiger partial charge in [-0.2, -0.15) is 13.2 Å². The lowest BCUT2D eigenvalue weighted by atomic mass is 10.0. The fourth-order valence-electron chi connectivity index (χ4n) is 5.01. The van der Waals surface area contributed by atoms with E-state index in [0.717, 1.165) is 27.8 Å². The minimum absolute atomic E-state index is 0.0564. The first-order valence-electron chi connectivity index (χ1n) is 14.0. The van der Waals surface area contributed by atoms with Crippen LogP contribution in [0.5, 0.6) is 5.75 Å². The minimum Gasteiger partial charge on any atom is -0.495 e. The highest BCUT2D eigenvalue weighted by atomic mass is 35.5. The van der Waals surface area contributed by atoms with E-state index in [0.29, 0.717) is 19.2 Å². The molecule has 3 heterocycles. The van der Waals surface area contributed by atoms with Crippen LogP contribution in [0.25, 0.3) is 16.8 Å². The molecule has 0 aliphatic carbocycles. The molecule has 16 heteroatoms. The van der Waals surface area contributed by atoms with E-state index in [4.69, 9.17) is 21.1 Å². The molecule has 1 fully saturated rings. The Hall–Kier alpha value is -4.76. The van der Waals surface area contributed by atoms with E-state index in [9.17, 15) is 31.9 Å². The summed E-state index contributed by atoms with van der Waals surface area (Å²) in [6, 6.07) is 7.95. The van der Waals surface area contributed by atoms with E-state index in [2.05, 4.69) is 20.9 Å². The maximum absolute atomic E-state index is 14.8. The van der Waals surface area contributed by atoms with Crippen molar-refractivity contribution in [2.45, 2.75) is 44.6 Å². The van der Waals surface area contributed by atoms with Crippen LogP contribution in [0.3, 0.4) is 0 Å². The number of hydrogen-bond acceptors (Lipinski definition) is 7. The summed E-state index contributed by atoms with van der Waals surface area (Å²) in [7, 11) is 1.31. The van der Waals surface area contributed by atoms with Crippen LogP contribution in [0.4, 0.5) is 23.2 Å². The number of nitrogens with one attached hydrogen (secondary N) is 2. The van der Waals surface area contributed by atoms with Gasteiger partial charge in [-0.05, 0) is 55.7 Å². The van der Waals surface area contributed by atoms with Crippen molar-refractivity contribution in [2.75, 3.05) is 19.0 Å². The van der Waals surface area contributed by atoms with Crippen LogP contribution in [-0.4, -0.2) is 51.3 Å². The van der Waals surface area contributed by atoms with Crippen molar-refractivity contribution in [3.8, 4) is 22.6 Å². The Morgan fingerprint density at radius 2 is 1.93 bits per heavy atom. The molecule has 4 aromatic rings. The van der Waals surface area contributed by atoms with Crippen LogP contribution in [0, 0.1) is 5.82 Å². The molecule has 2 aromatic carbocycles. The fourth-order valence-corrected chi connectivity index (χ4v) is 5.18. The second kappa shape index (κ2) is 13.3. The molecule has 1 aliphatic heterocycles. The molecule has 5 rings (SSSR count). The first-order chi connectivity index (χ1) is 21.9. The van der Waals surface area contributed by atoms with Crippen molar-refractivity contribution in [3.05, 3.63) is 87.3 Å². The van der Waals surface area contributed by atoms with E-state index in [1.54, 1.807) is 6.92 Å². The third kappa shape index (κ3) is 6.89.